The summed E-state index contributed by atoms with van der Waals surface area (Å²) < 4.78 is 75.1. The highest BCUT2D eigenvalue weighted by Crippen LogP contribution is 2.30. The molecule has 0 bridgehead atoms. The van der Waals surface area contributed by atoms with Gasteiger partial charge >= 0.3 is 12.6 Å². The van der Waals surface area contributed by atoms with Gasteiger partial charge in [0.1, 0.15) is 18.1 Å². The molecule has 0 saturated carbocycles. The molecule has 28 heavy (non-hydrogen) atoms. The van der Waals surface area contributed by atoms with E-state index >= 15 is 0 Å². The molecule has 3 aromatic rings. The first-order valence-corrected chi connectivity index (χ1v) is 7.71. The van der Waals surface area contributed by atoms with Crippen LogP contribution in [0.1, 0.15) is 18.2 Å². The van der Waals surface area contributed by atoms with Crippen LogP contribution in [0.3, 0.4) is 0 Å². The van der Waals surface area contributed by atoms with Crippen LogP contribution in [0.4, 0.5) is 22.0 Å². The zero-order valence-electron chi connectivity index (χ0n) is 14.2. The van der Waals surface area contributed by atoms with Gasteiger partial charge in [-0.1, -0.05) is 5.21 Å². The molecule has 0 spiro atoms. The number of hydrogen-bond acceptors (Lipinski definition) is 6. The van der Waals surface area contributed by atoms with Crippen molar-refractivity contribution in [2.75, 3.05) is 0 Å². The monoisotopic (exact) mass is 401 g/mol. The fourth-order valence-corrected chi connectivity index (χ4v) is 2.16. The molecule has 2 aromatic heterocycles. The molecular formula is C16H12F5N5O2. The molecular weight excluding hydrogens is 389 g/mol. The molecule has 0 unspecified atom stereocenters. The summed E-state index contributed by atoms with van der Waals surface area (Å²) in [5.41, 5.74) is -0.287. The highest BCUT2D eigenvalue weighted by Gasteiger charge is 2.28. The van der Waals surface area contributed by atoms with E-state index in [1.807, 2.05) is 0 Å². The van der Waals surface area contributed by atoms with E-state index in [1.54, 1.807) is 0 Å². The van der Waals surface area contributed by atoms with E-state index in [-0.39, 0.29) is 24.1 Å². The number of ether oxygens (including phenoxy) is 2. The van der Waals surface area contributed by atoms with Gasteiger partial charge in [0.05, 0.1) is 29.8 Å². The Morgan fingerprint density at radius 2 is 1.89 bits per heavy atom. The largest absolute Gasteiger partial charge is 0.457 e. The third-order valence-corrected chi connectivity index (χ3v) is 3.41. The smallest absolute Gasteiger partial charge is 0.387 e. The Balaban J connectivity index is 1.68. The maximum atomic E-state index is 13.6. The van der Waals surface area contributed by atoms with Crippen LogP contribution in [-0.2, 0) is 12.5 Å². The third kappa shape index (κ3) is 4.69. The normalized spacial score (nSPS) is 11.7. The summed E-state index contributed by atoms with van der Waals surface area (Å²) in [5, 5.41) is 7.58. The van der Waals surface area contributed by atoms with Crippen molar-refractivity contribution in [2.45, 2.75) is 26.1 Å². The van der Waals surface area contributed by atoms with Crippen molar-refractivity contribution in [1.29, 1.82) is 0 Å². The Bertz CT molecular complexity index is 943. The predicted octanol–water partition coefficient (Wildman–Crippen LogP) is 3.49. The second kappa shape index (κ2) is 7.74. The summed E-state index contributed by atoms with van der Waals surface area (Å²) in [6.45, 7) is -2.54. The summed E-state index contributed by atoms with van der Waals surface area (Å²) >= 11 is 0. The highest BCUT2D eigenvalue weighted by molar-refractivity contribution is 5.37. The molecule has 0 fully saturated rings. The van der Waals surface area contributed by atoms with E-state index in [0.29, 0.717) is 12.6 Å². The molecule has 0 N–H and O–H groups in total. The zero-order chi connectivity index (χ0) is 20.3. The van der Waals surface area contributed by atoms with E-state index in [1.165, 1.54) is 16.9 Å². The quantitative estimate of drug-likeness (QED) is 0.565. The van der Waals surface area contributed by atoms with Gasteiger partial charge < -0.3 is 9.47 Å². The molecule has 7 nitrogen and oxygen atoms in total. The van der Waals surface area contributed by atoms with E-state index < -0.39 is 23.9 Å². The number of benzene rings is 1. The van der Waals surface area contributed by atoms with E-state index in [9.17, 15) is 22.0 Å². The van der Waals surface area contributed by atoms with Crippen molar-refractivity contribution in [3.05, 3.63) is 53.9 Å². The third-order valence-electron chi connectivity index (χ3n) is 3.41. The van der Waals surface area contributed by atoms with Gasteiger partial charge in [-0.05, 0) is 18.2 Å². The fraction of sp³-hybridized carbons (Fsp3) is 0.250. The topological polar surface area (TPSA) is 75.0 Å². The molecule has 0 saturated heterocycles. The van der Waals surface area contributed by atoms with Crippen molar-refractivity contribution in [1.82, 2.24) is 25.0 Å². The molecule has 1 aromatic carbocycles. The minimum absolute atomic E-state index is 0.120. The fourth-order valence-electron chi connectivity index (χ4n) is 2.16. The highest BCUT2D eigenvalue weighted by atomic mass is 19.3. The molecule has 0 radical (unpaired) electrons. The number of hydrogen-bond donors (Lipinski definition) is 0. The molecule has 0 amide bonds. The SMILES string of the molecule is CC(F)(F)c1cc(-n2cc(COc3ncc(OC(F)F)cn3)nn2)ccc1F. The first-order valence-electron chi connectivity index (χ1n) is 7.71. The van der Waals surface area contributed by atoms with E-state index in [0.717, 1.165) is 24.5 Å². The van der Waals surface area contributed by atoms with Crippen LogP contribution in [0.25, 0.3) is 5.69 Å². The Hall–Kier alpha value is -3.31. The van der Waals surface area contributed by atoms with Gasteiger partial charge in [0.15, 0.2) is 5.75 Å². The van der Waals surface area contributed by atoms with Crippen LogP contribution in [0.15, 0.2) is 36.8 Å². The first kappa shape index (κ1) is 19.5. The van der Waals surface area contributed by atoms with Crippen molar-refractivity contribution in [2.24, 2.45) is 0 Å². The van der Waals surface area contributed by atoms with Gasteiger partial charge in [-0.15, -0.1) is 5.10 Å². The molecule has 0 aliphatic rings. The lowest BCUT2D eigenvalue weighted by molar-refractivity contribution is -0.0504. The number of aromatic nitrogens is 5. The van der Waals surface area contributed by atoms with Gasteiger partial charge in [-0.2, -0.15) is 18.7 Å². The zero-order valence-corrected chi connectivity index (χ0v) is 14.2. The van der Waals surface area contributed by atoms with Gasteiger partial charge in [-0.25, -0.2) is 17.9 Å². The minimum Gasteiger partial charge on any atom is -0.457 e. The Morgan fingerprint density at radius 3 is 2.54 bits per heavy atom. The van der Waals surface area contributed by atoms with Crippen LogP contribution in [0.5, 0.6) is 11.8 Å². The molecule has 0 aliphatic heterocycles. The lowest BCUT2D eigenvalue weighted by atomic mass is 10.1. The van der Waals surface area contributed by atoms with Crippen molar-refractivity contribution in [3.63, 3.8) is 0 Å². The van der Waals surface area contributed by atoms with Crippen molar-refractivity contribution < 1.29 is 31.4 Å². The summed E-state index contributed by atoms with van der Waals surface area (Å²) in [7, 11) is 0. The van der Waals surface area contributed by atoms with Gasteiger partial charge in [0, 0.05) is 6.92 Å². The van der Waals surface area contributed by atoms with Crippen molar-refractivity contribution >= 4 is 0 Å². The number of halogens is 5. The molecule has 148 valence electrons. The average molecular weight is 401 g/mol. The second-order valence-corrected chi connectivity index (χ2v) is 5.58. The standard InChI is InChI=1S/C16H12F5N5O2/c1-16(20,21)12-4-10(2-3-13(12)17)26-7-9(24-25-26)8-27-15-22-5-11(6-23-15)28-14(18)19/h2-7,14H,8H2,1H3. The Labute approximate surface area is 154 Å². The second-order valence-electron chi connectivity index (χ2n) is 5.58. The first-order chi connectivity index (χ1) is 13.2. The van der Waals surface area contributed by atoms with Gasteiger partial charge in [0.25, 0.3) is 5.92 Å². The summed E-state index contributed by atoms with van der Waals surface area (Å²) in [6, 6.07) is 3.04. The van der Waals surface area contributed by atoms with E-state index in [4.69, 9.17) is 4.74 Å². The maximum Gasteiger partial charge on any atom is 0.387 e. The molecule has 12 heteroatoms. The van der Waals surface area contributed by atoms with Crippen LogP contribution in [0.2, 0.25) is 0 Å². The molecule has 0 aliphatic carbocycles. The summed E-state index contributed by atoms with van der Waals surface area (Å²) in [5.74, 6) is -4.62. The van der Waals surface area contributed by atoms with Crippen LogP contribution < -0.4 is 9.47 Å². The maximum absolute atomic E-state index is 13.6. The predicted molar refractivity (Wildman–Crippen MR) is 83.9 cm³/mol. The number of alkyl halides is 4. The molecule has 3 rings (SSSR count). The lowest BCUT2D eigenvalue weighted by Crippen LogP contribution is -2.11. The molecule has 2 heterocycles. The van der Waals surface area contributed by atoms with Gasteiger partial charge in [0.2, 0.25) is 0 Å². The number of rotatable bonds is 7. The number of nitrogens with zero attached hydrogens (tertiary/aromatic N) is 5. The Morgan fingerprint density at radius 1 is 1.18 bits per heavy atom. The average Bonchev–Trinajstić information content (AvgIpc) is 3.09. The van der Waals surface area contributed by atoms with Crippen LogP contribution in [0, 0.1) is 5.82 Å². The summed E-state index contributed by atoms with van der Waals surface area (Å²) in [6.07, 6.45) is 3.41. The Kier molecular flexibility index (Phi) is 5.38. The van der Waals surface area contributed by atoms with Crippen molar-refractivity contribution in [3.8, 4) is 17.4 Å². The summed E-state index contributed by atoms with van der Waals surface area (Å²) in [4.78, 5) is 7.38. The van der Waals surface area contributed by atoms with Crippen LogP contribution in [-0.4, -0.2) is 31.6 Å². The van der Waals surface area contributed by atoms with E-state index in [2.05, 4.69) is 25.0 Å². The van der Waals surface area contributed by atoms with Crippen LogP contribution >= 0.6 is 0 Å². The lowest BCUT2D eigenvalue weighted by Gasteiger charge is -2.12. The van der Waals surface area contributed by atoms with Gasteiger partial charge in [-0.3, -0.25) is 0 Å². The minimum atomic E-state index is -3.36. The molecule has 0 atom stereocenters.